The highest BCUT2D eigenvalue weighted by atomic mass is 16.4. The number of nitrogens with one attached hydrogen (secondary N) is 1. The zero-order valence-corrected chi connectivity index (χ0v) is 6.96. The highest BCUT2D eigenvalue weighted by Crippen LogP contribution is 1.92. The average Bonchev–Trinajstić information content (AvgIpc) is 1.98. The van der Waals surface area contributed by atoms with Crippen LogP contribution in [0, 0.1) is 0 Å². The minimum atomic E-state index is -1.52. The fourth-order valence-electron chi connectivity index (χ4n) is 0.747. The van der Waals surface area contributed by atoms with Gasteiger partial charge in [-0.2, -0.15) is 0 Å². The molecule has 1 unspecified atom stereocenters. The van der Waals surface area contributed by atoms with Gasteiger partial charge in [-0.3, -0.25) is 9.59 Å². The zero-order valence-electron chi connectivity index (χ0n) is 6.96. The molecule has 12 heavy (non-hydrogen) atoms. The SMILES string of the molecule is CCC(NC(C)=O)C(=O)C(=O)O. The molecule has 0 fully saturated rings. The van der Waals surface area contributed by atoms with E-state index in [1.807, 2.05) is 0 Å². The Hall–Kier alpha value is -1.39. The molecule has 0 rings (SSSR count). The van der Waals surface area contributed by atoms with Crippen LogP contribution in [0.25, 0.3) is 0 Å². The Balaban J connectivity index is 4.24. The first-order valence-corrected chi connectivity index (χ1v) is 3.53. The van der Waals surface area contributed by atoms with Crippen LogP contribution in [0.5, 0.6) is 0 Å². The Kier molecular flexibility index (Phi) is 3.96. The van der Waals surface area contributed by atoms with Gasteiger partial charge in [0.25, 0.3) is 5.78 Å². The third kappa shape index (κ3) is 3.14. The standard InChI is InChI=1S/C7H11NO4/c1-3-5(8-4(2)9)6(10)7(11)12/h5H,3H2,1-2H3,(H,8,9)(H,11,12). The molecule has 0 saturated heterocycles. The molecule has 0 aromatic heterocycles. The third-order valence-electron chi connectivity index (χ3n) is 1.31. The molecule has 0 radical (unpaired) electrons. The van der Waals surface area contributed by atoms with Crippen molar-refractivity contribution in [2.24, 2.45) is 0 Å². The number of carboxylic acid groups (broad SMARTS) is 1. The maximum absolute atomic E-state index is 10.8. The second-order valence-corrected chi connectivity index (χ2v) is 2.33. The fraction of sp³-hybridized carbons (Fsp3) is 0.571. The summed E-state index contributed by atoms with van der Waals surface area (Å²) in [5, 5.41) is 10.5. The molecule has 68 valence electrons. The van der Waals surface area contributed by atoms with Crippen molar-refractivity contribution in [1.82, 2.24) is 5.32 Å². The predicted octanol–water partition coefficient (Wildman–Crippen LogP) is -0.445. The normalized spacial score (nSPS) is 11.8. The number of Topliss-reactive ketones (excluding diaryl/α,β-unsaturated/α-hetero) is 1. The van der Waals surface area contributed by atoms with Crippen molar-refractivity contribution in [3.05, 3.63) is 0 Å². The second-order valence-electron chi connectivity index (χ2n) is 2.33. The van der Waals surface area contributed by atoms with Gasteiger partial charge in [0, 0.05) is 6.92 Å². The smallest absolute Gasteiger partial charge is 0.374 e. The van der Waals surface area contributed by atoms with Crippen LogP contribution in [0.4, 0.5) is 0 Å². The Bertz CT molecular complexity index is 211. The van der Waals surface area contributed by atoms with Crippen molar-refractivity contribution in [1.29, 1.82) is 0 Å². The predicted molar refractivity (Wildman–Crippen MR) is 40.5 cm³/mol. The largest absolute Gasteiger partial charge is 0.475 e. The van der Waals surface area contributed by atoms with E-state index in [-0.39, 0.29) is 6.42 Å². The van der Waals surface area contributed by atoms with Crippen LogP contribution < -0.4 is 5.32 Å². The number of carbonyl (C=O) groups excluding carboxylic acids is 2. The Morgan fingerprint density at radius 3 is 2.17 bits per heavy atom. The molecule has 0 bridgehead atoms. The number of ketones is 1. The summed E-state index contributed by atoms with van der Waals surface area (Å²) in [5.41, 5.74) is 0. The number of carbonyl (C=O) groups is 3. The number of aliphatic carboxylic acids is 1. The van der Waals surface area contributed by atoms with Gasteiger partial charge in [-0.15, -0.1) is 0 Å². The van der Waals surface area contributed by atoms with Crippen molar-refractivity contribution >= 4 is 17.7 Å². The van der Waals surface area contributed by atoms with Crippen LogP contribution >= 0.6 is 0 Å². The van der Waals surface area contributed by atoms with E-state index < -0.39 is 23.7 Å². The molecule has 0 heterocycles. The third-order valence-corrected chi connectivity index (χ3v) is 1.31. The number of hydrogen-bond acceptors (Lipinski definition) is 3. The molecular formula is C7H11NO4. The van der Waals surface area contributed by atoms with Gasteiger partial charge in [-0.05, 0) is 6.42 Å². The van der Waals surface area contributed by atoms with Gasteiger partial charge >= 0.3 is 5.97 Å². The van der Waals surface area contributed by atoms with Gasteiger partial charge in [0.05, 0.1) is 6.04 Å². The summed E-state index contributed by atoms with van der Waals surface area (Å²) < 4.78 is 0. The molecule has 1 atom stereocenters. The first-order chi connectivity index (χ1) is 5.49. The molecule has 0 spiro atoms. The quantitative estimate of drug-likeness (QED) is 0.564. The highest BCUT2D eigenvalue weighted by molar-refractivity contribution is 6.35. The highest BCUT2D eigenvalue weighted by Gasteiger charge is 2.23. The lowest BCUT2D eigenvalue weighted by Crippen LogP contribution is -2.42. The monoisotopic (exact) mass is 173 g/mol. The van der Waals surface area contributed by atoms with Crippen LogP contribution in [0.15, 0.2) is 0 Å². The summed E-state index contributed by atoms with van der Waals surface area (Å²) in [5.74, 6) is -2.90. The van der Waals surface area contributed by atoms with E-state index in [0.717, 1.165) is 0 Å². The number of amides is 1. The van der Waals surface area contributed by atoms with E-state index in [0.29, 0.717) is 0 Å². The minimum absolute atomic E-state index is 0.282. The zero-order chi connectivity index (χ0) is 9.72. The van der Waals surface area contributed by atoms with Gasteiger partial charge in [0.15, 0.2) is 0 Å². The van der Waals surface area contributed by atoms with Crippen LogP contribution in [0.2, 0.25) is 0 Å². The molecule has 0 aliphatic carbocycles. The molecule has 0 aromatic carbocycles. The van der Waals surface area contributed by atoms with E-state index >= 15 is 0 Å². The van der Waals surface area contributed by atoms with Crippen molar-refractivity contribution in [2.45, 2.75) is 26.3 Å². The van der Waals surface area contributed by atoms with Crippen LogP contribution in [0.3, 0.4) is 0 Å². The summed E-state index contributed by atoms with van der Waals surface area (Å²) in [7, 11) is 0. The molecular weight excluding hydrogens is 162 g/mol. The molecule has 5 heteroatoms. The summed E-state index contributed by atoms with van der Waals surface area (Å²) >= 11 is 0. The van der Waals surface area contributed by atoms with Crippen molar-refractivity contribution in [3.63, 3.8) is 0 Å². The number of rotatable bonds is 4. The summed E-state index contributed by atoms with van der Waals surface area (Å²) in [6.45, 7) is 2.86. The molecule has 2 N–H and O–H groups in total. The molecule has 0 aliphatic heterocycles. The van der Waals surface area contributed by atoms with Crippen LogP contribution in [-0.2, 0) is 14.4 Å². The van der Waals surface area contributed by atoms with Gasteiger partial charge < -0.3 is 10.4 Å². The number of hydrogen-bond donors (Lipinski definition) is 2. The lowest BCUT2D eigenvalue weighted by Gasteiger charge is -2.10. The molecule has 1 amide bonds. The lowest BCUT2D eigenvalue weighted by molar-refractivity contribution is -0.150. The average molecular weight is 173 g/mol. The maximum Gasteiger partial charge on any atom is 0.374 e. The first-order valence-electron chi connectivity index (χ1n) is 3.53. The van der Waals surface area contributed by atoms with E-state index in [1.165, 1.54) is 6.92 Å². The molecule has 0 aliphatic rings. The van der Waals surface area contributed by atoms with Crippen molar-refractivity contribution in [2.75, 3.05) is 0 Å². The van der Waals surface area contributed by atoms with E-state index in [4.69, 9.17) is 5.11 Å². The summed E-state index contributed by atoms with van der Waals surface area (Å²) in [6.07, 6.45) is 0.282. The van der Waals surface area contributed by atoms with Gasteiger partial charge in [0.2, 0.25) is 5.91 Å². The second kappa shape index (κ2) is 4.48. The topological polar surface area (TPSA) is 83.5 Å². The van der Waals surface area contributed by atoms with Gasteiger partial charge in [-0.25, -0.2) is 4.79 Å². The Labute approximate surface area is 69.8 Å². The molecule has 0 aromatic rings. The van der Waals surface area contributed by atoms with Gasteiger partial charge in [-0.1, -0.05) is 6.92 Å². The Morgan fingerprint density at radius 2 is 1.92 bits per heavy atom. The van der Waals surface area contributed by atoms with Crippen LogP contribution in [0.1, 0.15) is 20.3 Å². The van der Waals surface area contributed by atoms with Crippen molar-refractivity contribution in [3.8, 4) is 0 Å². The summed E-state index contributed by atoms with van der Waals surface area (Å²) in [6, 6.07) is -0.903. The fourth-order valence-corrected chi connectivity index (χ4v) is 0.747. The molecule has 0 saturated carbocycles. The van der Waals surface area contributed by atoms with E-state index in [9.17, 15) is 14.4 Å². The molecule has 5 nitrogen and oxygen atoms in total. The Morgan fingerprint density at radius 1 is 1.42 bits per heavy atom. The van der Waals surface area contributed by atoms with E-state index in [2.05, 4.69) is 5.32 Å². The minimum Gasteiger partial charge on any atom is -0.475 e. The summed E-state index contributed by atoms with van der Waals surface area (Å²) in [4.78, 5) is 31.5. The van der Waals surface area contributed by atoms with E-state index in [1.54, 1.807) is 6.92 Å². The van der Waals surface area contributed by atoms with Crippen molar-refractivity contribution < 1.29 is 19.5 Å². The lowest BCUT2D eigenvalue weighted by atomic mass is 10.1. The van der Waals surface area contributed by atoms with Gasteiger partial charge in [0.1, 0.15) is 0 Å². The first kappa shape index (κ1) is 10.6. The maximum atomic E-state index is 10.8. The van der Waals surface area contributed by atoms with Crippen LogP contribution in [-0.4, -0.2) is 28.8 Å². The number of carboxylic acids is 1.